The zero-order chi connectivity index (χ0) is 13.1. The highest BCUT2D eigenvalue weighted by molar-refractivity contribution is 5.92. The lowest BCUT2D eigenvalue weighted by Gasteiger charge is -2.09. The number of fused-ring (bicyclic) bond motifs is 1. The molecule has 0 aliphatic heterocycles. The number of rotatable bonds is 3. The number of aldehydes is 1. The summed E-state index contributed by atoms with van der Waals surface area (Å²) >= 11 is 0. The predicted octanol–water partition coefficient (Wildman–Crippen LogP) is 4.44. The Morgan fingerprint density at radius 1 is 0.842 bits per heavy atom. The van der Waals surface area contributed by atoms with Gasteiger partial charge in [-0.15, -0.1) is 0 Å². The van der Waals surface area contributed by atoms with Crippen LogP contribution in [0.5, 0.6) is 11.5 Å². The Balaban J connectivity index is 2.06. The molecule has 0 aliphatic rings. The summed E-state index contributed by atoms with van der Waals surface area (Å²) in [6.45, 7) is 0. The first kappa shape index (κ1) is 11.5. The van der Waals surface area contributed by atoms with Crippen LogP contribution in [0.15, 0.2) is 66.7 Å². The van der Waals surface area contributed by atoms with Crippen molar-refractivity contribution in [3.05, 3.63) is 72.3 Å². The summed E-state index contributed by atoms with van der Waals surface area (Å²) in [5.74, 6) is 1.59. The molecule has 0 amide bonds. The maximum atomic E-state index is 10.8. The fourth-order valence-electron chi connectivity index (χ4n) is 2.05. The first-order valence-corrected chi connectivity index (χ1v) is 6.08. The molecule has 0 fully saturated rings. The fourth-order valence-corrected chi connectivity index (χ4v) is 2.05. The number of carbonyl (C=O) groups is 1. The Kier molecular flexibility index (Phi) is 2.99. The molecule has 19 heavy (non-hydrogen) atoms. The van der Waals surface area contributed by atoms with Gasteiger partial charge in [-0.2, -0.15) is 0 Å². The van der Waals surface area contributed by atoms with Crippen molar-refractivity contribution < 1.29 is 9.53 Å². The van der Waals surface area contributed by atoms with E-state index in [0.717, 1.165) is 28.6 Å². The summed E-state index contributed by atoms with van der Waals surface area (Å²) in [6, 6.07) is 21.1. The summed E-state index contributed by atoms with van der Waals surface area (Å²) in [5, 5.41) is 2.00. The van der Waals surface area contributed by atoms with Gasteiger partial charge in [-0.25, -0.2) is 0 Å². The molecule has 0 aromatic heterocycles. The third kappa shape index (κ3) is 2.33. The van der Waals surface area contributed by atoms with Gasteiger partial charge in [-0.05, 0) is 35.7 Å². The second kappa shape index (κ2) is 4.94. The van der Waals surface area contributed by atoms with Crippen molar-refractivity contribution in [2.45, 2.75) is 0 Å². The van der Waals surface area contributed by atoms with Crippen LogP contribution >= 0.6 is 0 Å². The summed E-state index contributed by atoms with van der Waals surface area (Å²) in [4.78, 5) is 10.8. The monoisotopic (exact) mass is 248 g/mol. The molecule has 0 spiro atoms. The molecule has 0 bridgehead atoms. The minimum absolute atomic E-state index is 0.671. The van der Waals surface area contributed by atoms with Gasteiger partial charge in [0.15, 0.2) is 0 Å². The third-order valence-electron chi connectivity index (χ3n) is 2.97. The quantitative estimate of drug-likeness (QED) is 0.640. The van der Waals surface area contributed by atoms with Crippen molar-refractivity contribution in [1.82, 2.24) is 0 Å². The summed E-state index contributed by atoms with van der Waals surface area (Å²) in [7, 11) is 0. The summed E-state index contributed by atoms with van der Waals surface area (Å²) in [5.41, 5.74) is 0.671. The molecule has 92 valence electrons. The van der Waals surface area contributed by atoms with E-state index in [2.05, 4.69) is 0 Å². The Morgan fingerprint density at radius 3 is 2.47 bits per heavy atom. The zero-order valence-electron chi connectivity index (χ0n) is 10.2. The highest BCUT2D eigenvalue weighted by Crippen LogP contribution is 2.30. The van der Waals surface area contributed by atoms with Crippen molar-refractivity contribution in [2.24, 2.45) is 0 Å². The van der Waals surface area contributed by atoms with Gasteiger partial charge in [0.2, 0.25) is 0 Å². The van der Waals surface area contributed by atoms with Crippen molar-refractivity contribution in [3.8, 4) is 11.5 Å². The molecule has 0 saturated carbocycles. The molecule has 3 aromatic rings. The Hall–Kier alpha value is -2.61. The Labute approximate surface area is 111 Å². The number of carbonyl (C=O) groups excluding carboxylic acids is 1. The van der Waals surface area contributed by atoms with Crippen molar-refractivity contribution in [2.75, 3.05) is 0 Å². The predicted molar refractivity (Wildman–Crippen MR) is 75.9 cm³/mol. The highest BCUT2D eigenvalue weighted by atomic mass is 16.5. The lowest BCUT2D eigenvalue weighted by atomic mass is 10.1. The lowest BCUT2D eigenvalue weighted by molar-refractivity contribution is 0.112. The minimum atomic E-state index is 0.671. The maximum absolute atomic E-state index is 10.8. The summed E-state index contributed by atoms with van der Waals surface area (Å²) < 4.78 is 5.88. The van der Waals surface area contributed by atoms with E-state index in [1.165, 1.54) is 0 Å². The highest BCUT2D eigenvalue weighted by Gasteiger charge is 2.03. The van der Waals surface area contributed by atoms with E-state index in [9.17, 15) is 4.79 Å². The van der Waals surface area contributed by atoms with Gasteiger partial charge in [0.25, 0.3) is 0 Å². The molecule has 0 atom stereocenters. The average Bonchev–Trinajstić information content (AvgIpc) is 2.48. The molecule has 0 aliphatic carbocycles. The topological polar surface area (TPSA) is 26.3 Å². The molecule has 3 rings (SSSR count). The van der Waals surface area contributed by atoms with Gasteiger partial charge in [-0.3, -0.25) is 4.79 Å². The molecule has 2 heteroatoms. The van der Waals surface area contributed by atoms with E-state index in [1.807, 2.05) is 60.7 Å². The second-order valence-corrected chi connectivity index (χ2v) is 4.27. The van der Waals surface area contributed by atoms with Crippen LogP contribution in [0.1, 0.15) is 10.4 Å². The molecule has 0 N–H and O–H groups in total. The van der Waals surface area contributed by atoms with E-state index in [-0.39, 0.29) is 0 Å². The van der Waals surface area contributed by atoms with Crippen LogP contribution in [0, 0.1) is 0 Å². The van der Waals surface area contributed by atoms with E-state index in [4.69, 9.17) is 4.74 Å². The van der Waals surface area contributed by atoms with Crippen LogP contribution in [0.4, 0.5) is 0 Å². The van der Waals surface area contributed by atoms with Gasteiger partial charge in [0.1, 0.15) is 17.8 Å². The van der Waals surface area contributed by atoms with E-state index < -0.39 is 0 Å². The Morgan fingerprint density at radius 2 is 1.68 bits per heavy atom. The van der Waals surface area contributed by atoms with Gasteiger partial charge in [-0.1, -0.05) is 36.4 Å². The van der Waals surface area contributed by atoms with Gasteiger partial charge >= 0.3 is 0 Å². The standard InChI is InChI=1S/C17H12O2/c18-12-13-9-10-16-14(11-13)5-4-8-17(16)19-15-6-2-1-3-7-15/h1-12H. The first-order valence-electron chi connectivity index (χ1n) is 6.08. The van der Waals surface area contributed by atoms with Crippen molar-refractivity contribution in [1.29, 1.82) is 0 Å². The van der Waals surface area contributed by atoms with Crippen LogP contribution in [-0.4, -0.2) is 6.29 Å². The second-order valence-electron chi connectivity index (χ2n) is 4.27. The molecule has 0 saturated heterocycles. The van der Waals surface area contributed by atoms with Crippen LogP contribution in [0.25, 0.3) is 10.8 Å². The van der Waals surface area contributed by atoms with Crippen LogP contribution in [0.2, 0.25) is 0 Å². The number of benzene rings is 3. The third-order valence-corrected chi connectivity index (χ3v) is 2.97. The molecular formula is C17H12O2. The van der Waals surface area contributed by atoms with E-state index >= 15 is 0 Å². The van der Waals surface area contributed by atoms with Crippen molar-refractivity contribution >= 4 is 17.1 Å². The summed E-state index contributed by atoms with van der Waals surface area (Å²) in [6.07, 6.45) is 0.851. The number of para-hydroxylation sites is 1. The molecule has 3 aromatic carbocycles. The zero-order valence-corrected chi connectivity index (χ0v) is 10.2. The van der Waals surface area contributed by atoms with Crippen LogP contribution in [0.3, 0.4) is 0 Å². The van der Waals surface area contributed by atoms with Gasteiger partial charge < -0.3 is 4.74 Å². The Bertz CT molecular complexity index is 718. The van der Waals surface area contributed by atoms with Crippen LogP contribution < -0.4 is 4.74 Å². The molecule has 0 heterocycles. The minimum Gasteiger partial charge on any atom is -0.457 e. The van der Waals surface area contributed by atoms with Crippen LogP contribution in [-0.2, 0) is 0 Å². The molecule has 2 nitrogen and oxygen atoms in total. The first-order chi connectivity index (χ1) is 9.36. The fraction of sp³-hybridized carbons (Fsp3) is 0. The molecular weight excluding hydrogens is 236 g/mol. The SMILES string of the molecule is O=Cc1ccc2c(Oc3ccccc3)cccc2c1. The molecule has 0 unspecified atom stereocenters. The van der Waals surface area contributed by atoms with E-state index in [1.54, 1.807) is 6.07 Å². The normalized spacial score (nSPS) is 10.3. The number of hydrogen-bond donors (Lipinski definition) is 0. The number of ether oxygens (including phenoxy) is 1. The van der Waals surface area contributed by atoms with Gasteiger partial charge in [0.05, 0.1) is 0 Å². The van der Waals surface area contributed by atoms with Gasteiger partial charge in [0, 0.05) is 10.9 Å². The maximum Gasteiger partial charge on any atom is 0.150 e. The van der Waals surface area contributed by atoms with Crippen molar-refractivity contribution in [3.63, 3.8) is 0 Å². The lowest BCUT2D eigenvalue weighted by Crippen LogP contribution is -1.86. The largest absolute Gasteiger partial charge is 0.457 e. The molecule has 0 radical (unpaired) electrons. The van der Waals surface area contributed by atoms with E-state index in [0.29, 0.717) is 5.56 Å². The smallest absolute Gasteiger partial charge is 0.150 e. The average molecular weight is 248 g/mol. The number of hydrogen-bond acceptors (Lipinski definition) is 2.